The van der Waals surface area contributed by atoms with Crippen molar-refractivity contribution in [3.63, 3.8) is 0 Å². The minimum atomic E-state index is -3.69. The van der Waals surface area contributed by atoms with Crippen LogP contribution in [0.5, 0.6) is 5.75 Å². The minimum Gasteiger partial charge on any atom is -0.482 e. The Hall–Kier alpha value is -3.49. The summed E-state index contributed by atoms with van der Waals surface area (Å²) in [5.41, 5.74) is 4.19. The van der Waals surface area contributed by atoms with E-state index in [4.69, 9.17) is 9.84 Å². The van der Waals surface area contributed by atoms with Crippen molar-refractivity contribution in [3.05, 3.63) is 100 Å². The Morgan fingerprint density at radius 3 is 2.23 bits per heavy atom. The number of aryl methyl sites for hydroxylation is 1. The third-order valence-corrected chi connectivity index (χ3v) is 9.39. The highest BCUT2D eigenvalue weighted by atomic mass is 32.2. The number of nitrogens with zero attached hydrogens (tertiary/aromatic N) is 1. The molecule has 35 heavy (non-hydrogen) atoms. The van der Waals surface area contributed by atoms with Gasteiger partial charge in [-0.1, -0.05) is 72.8 Å². The maximum absolute atomic E-state index is 13.6. The van der Waals surface area contributed by atoms with E-state index < -0.39 is 22.4 Å². The van der Waals surface area contributed by atoms with Gasteiger partial charge in [0, 0.05) is 21.9 Å². The number of carboxylic acid groups (broad SMARTS) is 1. The van der Waals surface area contributed by atoms with Crippen molar-refractivity contribution >= 4 is 27.1 Å². The van der Waals surface area contributed by atoms with Gasteiger partial charge in [0.15, 0.2) is 6.61 Å². The number of carbonyl (C=O) groups is 1. The van der Waals surface area contributed by atoms with E-state index in [-0.39, 0.29) is 16.0 Å². The number of sulfone groups is 1. The first-order chi connectivity index (χ1) is 16.9. The van der Waals surface area contributed by atoms with E-state index in [1.165, 1.54) is 11.3 Å². The second-order valence-corrected chi connectivity index (χ2v) is 11.7. The molecule has 1 aliphatic rings. The van der Waals surface area contributed by atoms with Gasteiger partial charge in [-0.2, -0.15) is 0 Å². The van der Waals surface area contributed by atoms with Crippen molar-refractivity contribution in [3.8, 4) is 17.0 Å². The Morgan fingerprint density at radius 2 is 1.60 bits per heavy atom. The number of hydrogen-bond acceptors (Lipinski definition) is 6. The van der Waals surface area contributed by atoms with E-state index in [1.54, 1.807) is 12.1 Å². The Balaban J connectivity index is 1.49. The monoisotopic (exact) mass is 505 g/mol. The molecule has 0 saturated heterocycles. The van der Waals surface area contributed by atoms with Crippen LogP contribution in [0.2, 0.25) is 0 Å². The van der Waals surface area contributed by atoms with Crippen LogP contribution in [0.4, 0.5) is 0 Å². The van der Waals surface area contributed by atoms with Crippen LogP contribution in [0.15, 0.2) is 83.2 Å². The number of aliphatic carboxylic acids is 1. The lowest BCUT2D eigenvalue weighted by Crippen LogP contribution is -2.16. The summed E-state index contributed by atoms with van der Waals surface area (Å²) in [5, 5.41) is 8.96. The second-order valence-electron chi connectivity index (χ2n) is 8.37. The molecule has 0 radical (unpaired) electrons. The zero-order valence-electron chi connectivity index (χ0n) is 18.8. The molecule has 0 unspecified atom stereocenters. The molecule has 8 heteroatoms. The SMILES string of the molecule is O=C(O)COc1cccc2c1CCc1sc(S(=O)(=O)CC(c3ccccc3)c3ccccc3)nc1-2. The maximum atomic E-state index is 13.6. The van der Waals surface area contributed by atoms with Gasteiger partial charge in [-0.15, -0.1) is 11.3 Å². The number of ether oxygens (including phenoxy) is 1. The molecule has 0 saturated carbocycles. The van der Waals surface area contributed by atoms with E-state index >= 15 is 0 Å². The van der Waals surface area contributed by atoms with Gasteiger partial charge in [0.1, 0.15) is 5.75 Å². The van der Waals surface area contributed by atoms with Crippen molar-refractivity contribution in [2.45, 2.75) is 23.1 Å². The number of rotatable bonds is 8. The summed E-state index contributed by atoms with van der Waals surface area (Å²) in [5.74, 6) is -0.942. The lowest BCUT2D eigenvalue weighted by Gasteiger charge is -2.18. The molecule has 1 N–H and O–H groups in total. The fourth-order valence-corrected chi connectivity index (χ4v) is 7.46. The summed E-state index contributed by atoms with van der Waals surface area (Å²) in [4.78, 5) is 16.5. The minimum absolute atomic E-state index is 0.0813. The van der Waals surface area contributed by atoms with Gasteiger partial charge in [0.05, 0.1) is 11.4 Å². The summed E-state index contributed by atoms with van der Waals surface area (Å²) in [6.45, 7) is -0.430. The van der Waals surface area contributed by atoms with Gasteiger partial charge >= 0.3 is 5.97 Å². The quantitative estimate of drug-likeness (QED) is 0.363. The molecule has 0 aliphatic heterocycles. The predicted molar refractivity (Wildman–Crippen MR) is 135 cm³/mol. The van der Waals surface area contributed by atoms with E-state index in [0.717, 1.165) is 27.1 Å². The topological polar surface area (TPSA) is 93.6 Å². The molecule has 5 rings (SSSR count). The number of carboxylic acids is 1. The highest BCUT2D eigenvalue weighted by molar-refractivity contribution is 7.93. The average molecular weight is 506 g/mol. The van der Waals surface area contributed by atoms with Crippen LogP contribution >= 0.6 is 11.3 Å². The Kier molecular flexibility index (Phi) is 6.40. The van der Waals surface area contributed by atoms with Gasteiger partial charge in [0.2, 0.25) is 14.2 Å². The number of hydrogen-bond donors (Lipinski definition) is 1. The fourth-order valence-electron chi connectivity index (χ4n) is 4.45. The Bertz CT molecular complexity index is 1420. The van der Waals surface area contributed by atoms with Crippen molar-refractivity contribution in [2.24, 2.45) is 0 Å². The molecule has 0 bridgehead atoms. The maximum Gasteiger partial charge on any atom is 0.341 e. The molecule has 0 spiro atoms. The Labute approximate surface area is 207 Å². The van der Waals surface area contributed by atoms with Crippen LogP contribution < -0.4 is 4.74 Å². The van der Waals surface area contributed by atoms with E-state index in [0.29, 0.717) is 24.3 Å². The van der Waals surface area contributed by atoms with E-state index in [9.17, 15) is 13.2 Å². The number of fused-ring (bicyclic) bond motifs is 3. The third-order valence-electron chi connectivity index (χ3n) is 6.08. The van der Waals surface area contributed by atoms with Crippen LogP contribution in [0.1, 0.15) is 27.5 Å². The number of thiazole rings is 1. The van der Waals surface area contributed by atoms with Gasteiger partial charge in [-0.05, 0) is 30.0 Å². The first kappa shape index (κ1) is 23.3. The van der Waals surface area contributed by atoms with Crippen LogP contribution in [0.3, 0.4) is 0 Å². The normalized spacial score (nSPS) is 12.7. The van der Waals surface area contributed by atoms with Gasteiger partial charge in [0.25, 0.3) is 0 Å². The first-order valence-corrected chi connectivity index (χ1v) is 13.7. The van der Waals surface area contributed by atoms with Crippen LogP contribution in [0, 0.1) is 0 Å². The standard InChI is InChI=1S/C27H23NO5S2/c29-25(30)16-33-23-13-7-12-21-20(23)14-15-24-26(21)28-27(34-24)35(31,32)17-22(18-8-3-1-4-9-18)19-10-5-2-6-11-19/h1-13,22H,14-17H2,(H,29,30). The van der Waals surface area contributed by atoms with Gasteiger partial charge in [-0.25, -0.2) is 18.2 Å². The van der Waals surface area contributed by atoms with Crippen molar-refractivity contribution in [1.82, 2.24) is 4.98 Å². The van der Waals surface area contributed by atoms with Crippen LogP contribution in [-0.4, -0.2) is 36.8 Å². The summed E-state index contributed by atoms with van der Waals surface area (Å²) < 4.78 is 32.8. The lowest BCUT2D eigenvalue weighted by molar-refractivity contribution is -0.139. The molecular weight excluding hydrogens is 482 g/mol. The summed E-state index contributed by atoms with van der Waals surface area (Å²) >= 11 is 1.23. The zero-order chi connectivity index (χ0) is 24.4. The molecule has 6 nitrogen and oxygen atoms in total. The highest BCUT2D eigenvalue weighted by Crippen LogP contribution is 2.42. The van der Waals surface area contributed by atoms with Crippen LogP contribution in [-0.2, 0) is 27.5 Å². The van der Waals surface area contributed by atoms with Crippen molar-refractivity contribution in [2.75, 3.05) is 12.4 Å². The molecule has 178 valence electrons. The molecule has 0 amide bonds. The molecule has 0 atom stereocenters. The molecule has 0 fully saturated rings. The van der Waals surface area contributed by atoms with Gasteiger partial charge in [-0.3, -0.25) is 0 Å². The summed E-state index contributed by atoms with van der Waals surface area (Å²) in [7, 11) is -3.69. The van der Waals surface area contributed by atoms with Gasteiger partial charge < -0.3 is 9.84 Å². The predicted octanol–water partition coefficient (Wildman–Crippen LogP) is 4.98. The molecular formula is C27H23NO5S2. The largest absolute Gasteiger partial charge is 0.482 e. The zero-order valence-corrected chi connectivity index (χ0v) is 20.4. The number of aromatic nitrogens is 1. The molecule has 1 aliphatic carbocycles. The summed E-state index contributed by atoms with van der Waals surface area (Å²) in [6, 6.07) is 24.7. The average Bonchev–Trinajstić information content (AvgIpc) is 3.33. The molecule has 3 aromatic carbocycles. The molecule has 1 aromatic heterocycles. The fraction of sp³-hybridized carbons (Fsp3) is 0.185. The second kappa shape index (κ2) is 9.64. The van der Waals surface area contributed by atoms with E-state index in [1.807, 2.05) is 66.7 Å². The smallest absolute Gasteiger partial charge is 0.341 e. The van der Waals surface area contributed by atoms with E-state index in [2.05, 4.69) is 4.98 Å². The number of benzene rings is 3. The molecule has 4 aromatic rings. The first-order valence-electron chi connectivity index (χ1n) is 11.2. The summed E-state index contributed by atoms with van der Waals surface area (Å²) in [6.07, 6.45) is 1.26. The highest BCUT2D eigenvalue weighted by Gasteiger charge is 2.31. The Morgan fingerprint density at radius 1 is 0.943 bits per heavy atom. The molecule has 1 heterocycles. The van der Waals surface area contributed by atoms with Crippen molar-refractivity contribution in [1.29, 1.82) is 0 Å². The third kappa shape index (κ3) is 4.85. The van der Waals surface area contributed by atoms with Crippen LogP contribution in [0.25, 0.3) is 11.3 Å². The van der Waals surface area contributed by atoms with Crippen molar-refractivity contribution < 1.29 is 23.1 Å². The lowest BCUT2D eigenvalue weighted by atomic mass is 9.93.